The van der Waals surface area contributed by atoms with E-state index in [0.29, 0.717) is 22.4 Å². The van der Waals surface area contributed by atoms with Crippen LogP contribution in [0.25, 0.3) is 0 Å². The molecule has 2 aromatic carbocycles. The summed E-state index contributed by atoms with van der Waals surface area (Å²) in [7, 11) is -2.85. The molecule has 1 amide bonds. The Bertz CT molecular complexity index is 1260. The largest absolute Gasteiger partial charge is 0.469 e. The summed E-state index contributed by atoms with van der Waals surface area (Å²) in [4.78, 5) is 26.1. The van der Waals surface area contributed by atoms with Crippen LogP contribution in [0.2, 0.25) is 0 Å². The molecule has 1 unspecified atom stereocenters. The van der Waals surface area contributed by atoms with Crippen molar-refractivity contribution < 1.29 is 35.9 Å². The number of hydrogen-bond acceptors (Lipinski definition) is 5. The van der Waals surface area contributed by atoms with Gasteiger partial charge in [-0.15, -0.1) is 0 Å². The smallest absolute Gasteiger partial charge is 0.409 e. The molecule has 11 heteroatoms. The van der Waals surface area contributed by atoms with Crippen LogP contribution in [0.5, 0.6) is 0 Å². The van der Waals surface area contributed by atoms with E-state index in [9.17, 15) is 31.2 Å². The Balaban J connectivity index is 1.71. The van der Waals surface area contributed by atoms with Gasteiger partial charge in [0.25, 0.3) is 0 Å². The predicted molar refractivity (Wildman–Crippen MR) is 126 cm³/mol. The molecule has 0 aliphatic carbocycles. The van der Waals surface area contributed by atoms with Crippen molar-refractivity contribution in [3.63, 3.8) is 0 Å². The number of alkyl halides is 3. The number of methoxy groups -OCH3 is 1. The molecule has 2 aliphatic heterocycles. The lowest BCUT2D eigenvalue weighted by Crippen LogP contribution is -2.57. The average Bonchev–Trinajstić information content (AvgIpc) is 3.33. The molecule has 36 heavy (non-hydrogen) atoms. The fourth-order valence-electron chi connectivity index (χ4n) is 4.88. The second-order valence-corrected chi connectivity index (χ2v) is 11.0. The first-order chi connectivity index (χ1) is 16.9. The number of carbonyl (C=O) groups is 2. The normalized spacial score (nSPS) is 20.8. The maximum Gasteiger partial charge on any atom is 0.409 e. The molecule has 0 bridgehead atoms. The van der Waals surface area contributed by atoms with E-state index in [1.807, 2.05) is 0 Å². The van der Waals surface area contributed by atoms with E-state index in [2.05, 4.69) is 4.74 Å². The topological polar surface area (TPSA) is 84.0 Å². The SMILES string of the molecule is COC(=O)Cc1ccc2c(c1)CCC(C(F)(F)F)N2C(=O)[C@@H]1CCCN1S(=O)(=O)c1ccc(C)cc1. The first-order valence-corrected chi connectivity index (χ1v) is 13.0. The van der Waals surface area contributed by atoms with Crippen LogP contribution in [0.1, 0.15) is 36.0 Å². The Morgan fingerprint density at radius 2 is 1.78 bits per heavy atom. The van der Waals surface area contributed by atoms with Crippen LogP contribution in [0, 0.1) is 6.92 Å². The number of hydrogen-bond donors (Lipinski definition) is 0. The lowest BCUT2D eigenvalue weighted by Gasteiger charge is -2.40. The number of amides is 1. The van der Waals surface area contributed by atoms with Crippen molar-refractivity contribution in [3.8, 4) is 0 Å². The van der Waals surface area contributed by atoms with Crippen molar-refractivity contribution in [2.75, 3.05) is 18.6 Å². The fraction of sp³-hybridized carbons (Fsp3) is 0.440. The summed E-state index contributed by atoms with van der Waals surface area (Å²) in [6, 6.07) is 7.30. The van der Waals surface area contributed by atoms with Crippen molar-refractivity contribution in [2.45, 2.75) is 62.2 Å². The van der Waals surface area contributed by atoms with Crippen LogP contribution in [0.4, 0.5) is 18.9 Å². The highest BCUT2D eigenvalue weighted by molar-refractivity contribution is 7.89. The Labute approximate surface area is 207 Å². The zero-order valence-electron chi connectivity index (χ0n) is 19.9. The molecule has 2 aromatic rings. The number of sulfonamides is 1. The van der Waals surface area contributed by atoms with Crippen LogP contribution in [0.15, 0.2) is 47.4 Å². The maximum atomic E-state index is 14.1. The number of anilines is 1. The molecule has 2 atom stereocenters. The Kier molecular flexibility index (Phi) is 7.16. The third kappa shape index (κ3) is 4.99. The second-order valence-electron chi connectivity index (χ2n) is 9.11. The number of nitrogens with zero attached hydrogens (tertiary/aromatic N) is 2. The summed E-state index contributed by atoms with van der Waals surface area (Å²) in [5, 5.41) is 0. The standard InChI is InChI=1S/C25H27F3N2O5S/c1-16-5-9-19(10-6-16)36(33,34)29-13-3-4-21(29)24(32)30-20-11-7-17(15-23(31)35-2)14-18(20)8-12-22(30)25(26,27)28/h5-7,9-11,14,21-22H,3-4,8,12-13,15H2,1-2H3/t21-,22?/m0/s1. The number of halogens is 3. The zero-order valence-corrected chi connectivity index (χ0v) is 20.7. The maximum absolute atomic E-state index is 14.1. The third-order valence-electron chi connectivity index (χ3n) is 6.71. The molecule has 1 fully saturated rings. The van der Waals surface area contributed by atoms with Gasteiger partial charge >= 0.3 is 12.1 Å². The lowest BCUT2D eigenvalue weighted by atomic mass is 9.92. The van der Waals surface area contributed by atoms with Gasteiger partial charge in [0, 0.05) is 12.2 Å². The highest BCUT2D eigenvalue weighted by atomic mass is 32.2. The minimum absolute atomic E-state index is 0.00772. The molecule has 1 saturated heterocycles. The summed E-state index contributed by atoms with van der Waals surface area (Å²) in [5.41, 5.74) is 1.99. The molecule has 7 nitrogen and oxygen atoms in total. The van der Waals surface area contributed by atoms with E-state index < -0.39 is 40.2 Å². The van der Waals surface area contributed by atoms with Crippen molar-refractivity contribution in [2.24, 2.45) is 0 Å². The highest BCUT2D eigenvalue weighted by Gasteiger charge is 2.51. The Morgan fingerprint density at radius 1 is 1.08 bits per heavy atom. The summed E-state index contributed by atoms with van der Waals surface area (Å²) in [6.45, 7) is 1.85. The van der Waals surface area contributed by atoms with Gasteiger partial charge in [0.15, 0.2) is 0 Å². The lowest BCUT2D eigenvalue weighted by molar-refractivity contribution is -0.156. The summed E-state index contributed by atoms with van der Waals surface area (Å²) in [6.07, 6.45) is -4.56. The molecule has 0 aromatic heterocycles. The van der Waals surface area contributed by atoms with Crippen molar-refractivity contribution in [1.29, 1.82) is 0 Å². The fourth-order valence-corrected chi connectivity index (χ4v) is 6.53. The van der Waals surface area contributed by atoms with Gasteiger partial charge in [-0.2, -0.15) is 17.5 Å². The number of aryl methyl sites for hydroxylation is 2. The van der Waals surface area contributed by atoms with E-state index in [1.54, 1.807) is 25.1 Å². The van der Waals surface area contributed by atoms with E-state index in [1.165, 1.54) is 31.4 Å². The first kappa shape index (κ1) is 26.2. The number of rotatable bonds is 5. The molecule has 2 heterocycles. The van der Waals surface area contributed by atoms with Crippen molar-refractivity contribution >= 4 is 27.6 Å². The van der Waals surface area contributed by atoms with Gasteiger partial charge in [0.05, 0.1) is 18.4 Å². The van der Waals surface area contributed by atoms with Gasteiger partial charge in [0.1, 0.15) is 12.1 Å². The van der Waals surface area contributed by atoms with Gasteiger partial charge in [-0.25, -0.2) is 8.42 Å². The van der Waals surface area contributed by atoms with Gasteiger partial charge in [-0.05, 0) is 61.9 Å². The van der Waals surface area contributed by atoms with Crippen molar-refractivity contribution in [1.82, 2.24) is 4.31 Å². The van der Waals surface area contributed by atoms with Crippen molar-refractivity contribution in [3.05, 3.63) is 59.2 Å². The molecule has 4 rings (SSSR count). The first-order valence-electron chi connectivity index (χ1n) is 11.6. The van der Waals surface area contributed by atoms with Crippen LogP contribution in [-0.4, -0.2) is 56.5 Å². The quantitative estimate of drug-likeness (QED) is 0.556. The molecule has 0 spiro atoms. The van der Waals surface area contributed by atoms with Crippen LogP contribution < -0.4 is 4.90 Å². The summed E-state index contributed by atoms with van der Waals surface area (Å²) in [5.74, 6) is -1.39. The molecular formula is C25H27F3N2O5S. The van der Waals surface area contributed by atoms with Gasteiger partial charge in [0.2, 0.25) is 15.9 Å². The number of fused-ring (bicyclic) bond motifs is 1. The molecule has 194 valence electrons. The second kappa shape index (κ2) is 9.85. The highest BCUT2D eigenvalue weighted by Crippen LogP contribution is 2.40. The number of benzene rings is 2. The van der Waals surface area contributed by atoms with E-state index >= 15 is 0 Å². The monoisotopic (exact) mass is 524 g/mol. The molecule has 0 saturated carbocycles. The summed E-state index contributed by atoms with van der Waals surface area (Å²) < 4.78 is 74.6. The molecule has 2 aliphatic rings. The van der Waals surface area contributed by atoms with E-state index in [4.69, 9.17) is 0 Å². The van der Waals surface area contributed by atoms with Crippen LogP contribution in [0.3, 0.4) is 0 Å². The van der Waals surface area contributed by atoms with Gasteiger partial charge in [-0.1, -0.05) is 29.8 Å². The van der Waals surface area contributed by atoms with Gasteiger partial charge in [-0.3, -0.25) is 14.5 Å². The van der Waals surface area contributed by atoms with Crippen LogP contribution >= 0.6 is 0 Å². The van der Waals surface area contributed by atoms with Crippen LogP contribution in [-0.2, 0) is 37.2 Å². The summed E-state index contributed by atoms with van der Waals surface area (Å²) >= 11 is 0. The minimum atomic E-state index is -4.70. The third-order valence-corrected chi connectivity index (χ3v) is 8.63. The van der Waals surface area contributed by atoms with E-state index in [-0.39, 0.29) is 42.8 Å². The van der Waals surface area contributed by atoms with Gasteiger partial charge < -0.3 is 4.74 Å². The number of carbonyl (C=O) groups excluding carboxylic acids is 2. The Morgan fingerprint density at radius 3 is 2.42 bits per heavy atom. The zero-order chi connectivity index (χ0) is 26.3. The van der Waals surface area contributed by atoms with E-state index in [0.717, 1.165) is 9.87 Å². The average molecular weight is 525 g/mol. The number of ether oxygens (including phenoxy) is 1. The molecule has 0 radical (unpaired) electrons. The Hall–Kier alpha value is -2.92. The molecular weight excluding hydrogens is 497 g/mol. The predicted octanol–water partition coefficient (Wildman–Crippen LogP) is 3.77. The molecule has 0 N–H and O–H groups in total. The minimum Gasteiger partial charge on any atom is -0.469 e. The number of esters is 1.